The molecule has 1 saturated heterocycles. The van der Waals surface area contributed by atoms with Gasteiger partial charge in [0.15, 0.2) is 11.4 Å². The molecule has 1 aliphatic rings. The molecule has 1 atom stereocenters. The number of nitrogens with two attached hydrogens (primary N) is 1. The highest BCUT2D eigenvalue weighted by atomic mass is 16.3. The predicted molar refractivity (Wildman–Crippen MR) is 104 cm³/mol. The molecule has 0 bridgehead atoms. The number of benzene rings is 1. The minimum Gasteiger partial charge on any atom is -0.466 e. The van der Waals surface area contributed by atoms with Gasteiger partial charge in [0.25, 0.3) is 5.91 Å². The van der Waals surface area contributed by atoms with Crippen LogP contribution in [0.1, 0.15) is 24.1 Å². The second-order valence-electron chi connectivity index (χ2n) is 6.85. The van der Waals surface area contributed by atoms with Gasteiger partial charge in [-0.05, 0) is 38.1 Å². The largest absolute Gasteiger partial charge is 0.466 e. The average Bonchev–Trinajstić information content (AvgIpc) is 3.28. The number of anilines is 3. The maximum Gasteiger partial charge on any atom is 0.325 e. The normalized spacial score (nSPS) is 18.8. The highest BCUT2D eigenvalue weighted by Gasteiger charge is 2.51. The van der Waals surface area contributed by atoms with E-state index < -0.39 is 17.5 Å². The molecule has 4 N–H and O–H groups in total. The van der Waals surface area contributed by atoms with Crippen LogP contribution in [0.15, 0.2) is 47.1 Å². The molecule has 148 valence electrons. The molecule has 2 aromatic heterocycles. The molecular weight excluding hydrogens is 374 g/mol. The number of urea groups is 1. The van der Waals surface area contributed by atoms with Gasteiger partial charge in [0, 0.05) is 5.69 Å². The summed E-state index contributed by atoms with van der Waals surface area (Å²) in [5.41, 5.74) is 6.39. The van der Waals surface area contributed by atoms with Crippen LogP contribution in [-0.4, -0.2) is 31.8 Å². The molecule has 1 fully saturated rings. The number of carbonyl (C=O) groups is 2. The van der Waals surface area contributed by atoms with Crippen LogP contribution < -0.4 is 16.4 Å². The zero-order valence-corrected chi connectivity index (χ0v) is 15.8. The van der Waals surface area contributed by atoms with Crippen LogP contribution in [0.5, 0.6) is 0 Å². The number of aromatic nitrogens is 3. The molecule has 0 spiro atoms. The summed E-state index contributed by atoms with van der Waals surface area (Å²) in [7, 11) is 0. The molecule has 4 rings (SSSR count). The number of furan rings is 1. The third-order valence-corrected chi connectivity index (χ3v) is 4.60. The second kappa shape index (κ2) is 6.89. The summed E-state index contributed by atoms with van der Waals surface area (Å²) < 4.78 is 5.32. The van der Waals surface area contributed by atoms with E-state index in [0.717, 1.165) is 16.2 Å². The van der Waals surface area contributed by atoms with Crippen molar-refractivity contribution in [3.8, 4) is 0 Å². The number of aryl methyl sites for hydroxylation is 1. The van der Waals surface area contributed by atoms with Crippen molar-refractivity contribution in [2.24, 2.45) is 0 Å². The molecule has 0 radical (unpaired) electrons. The van der Waals surface area contributed by atoms with Gasteiger partial charge < -0.3 is 20.8 Å². The first-order valence-corrected chi connectivity index (χ1v) is 8.87. The van der Waals surface area contributed by atoms with Gasteiger partial charge in [0.2, 0.25) is 11.9 Å². The van der Waals surface area contributed by atoms with Gasteiger partial charge in [-0.25, -0.2) is 4.79 Å². The van der Waals surface area contributed by atoms with E-state index in [1.54, 1.807) is 19.1 Å². The molecule has 1 aromatic carbocycles. The van der Waals surface area contributed by atoms with E-state index in [1.165, 1.54) is 6.26 Å². The average molecular weight is 393 g/mol. The van der Waals surface area contributed by atoms with Crippen LogP contribution in [-0.2, 0) is 16.9 Å². The van der Waals surface area contributed by atoms with Crippen LogP contribution in [0, 0.1) is 6.92 Å². The highest BCUT2D eigenvalue weighted by molar-refractivity contribution is 6.06. The van der Waals surface area contributed by atoms with Gasteiger partial charge in [-0.3, -0.25) is 9.69 Å². The van der Waals surface area contributed by atoms with E-state index in [2.05, 4.69) is 25.6 Å². The summed E-state index contributed by atoms with van der Waals surface area (Å²) in [6.45, 7) is 3.41. The van der Waals surface area contributed by atoms with Gasteiger partial charge in [-0.15, -0.1) is 0 Å². The number of carbonyl (C=O) groups excluding carboxylic acids is 2. The first kappa shape index (κ1) is 18.4. The smallest absolute Gasteiger partial charge is 0.325 e. The molecule has 3 amide bonds. The van der Waals surface area contributed by atoms with E-state index >= 15 is 0 Å². The van der Waals surface area contributed by atoms with Crippen molar-refractivity contribution < 1.29 is 14.0 Å². The predicted octanol–water partition coefficient (Wildman–Crippen LogP) is 2.07. The van der Waals surface area contributed by atoms with E-state index in [-0.39, 0.29) is 24.3 Å². The zero-order chi connectivity index (χ0) is 20.6. The number of hydrogen-bond acceptors (Lipinski definition) is 8. The Morgan fingerprint density at radius 1 is 1.17 bits per heavy atom. The maximum absolute atomic E-state index is 12.9. The van der Waals surface area contributed by atoms with Crippen LogP contribution in [0.2, 0.25) is 0 Å². The standard InChI is InChI=1S/C19H19N7O3/c1-11-5-7-12(8-6-11)21-17-23-14(22-16(20)24-17)10-26-15(27)19(2,25-18(26)28)13-4-3-9-29-13/h3-9H,10H2,1-2H3,(H,25,28)(H3,20,21,22,23,24)/t19-/m0/s1. The molecule has 3 aromatic rings. The van der Waals surface area contributed by atoms with Gasteiger partial charge in [-0.2, -0.15) is 15.0 Å². The Hall–Kier alpha value is -3.95. The SMILES string of the molecule is Cc1ccc(Nc2nc(N)nc(CN3C(=O)N[C@@](C)(c4ccco4)C3=O)n2)cc1. The summed E-state index contributed by atoms with van der Waals surface area (Å²) in [5.74, 6) is 0.252. The van der Waals surface area contributed by atoms with Crippen molar-refractivity contribution in [3.05, 3.63) is 59.8 Å². The van der Waals surface area contributed by atoms with Gasteiger partial charge >= 0.3 is 6.03 Å². The summed E-state index contributed by atoms with van der Waals surface area (Å²) in [5, 5.41) is 5.69. The lowest BCUT2D eigenvalue weighted by atomic mass is 9.99. The fraction of sp³-hybridized carbons (Fsp3) is 0.211. The number of nitrogen functional groups attached to an aromatic ring is 1. The van der Waals surface area contributed by atoms with Crippen LogP contribution in [0.3, 0.4) is 0 Å². The lowest BCUT2D eigenvalue weighted by Gasteiger charge is -2.18. The number of nitrogens with one attached hydrogen (secondary N) is 2. The summed E-state index contributed by atoms with van der Waals surface area (Å²) in [4.78, 5) is 38.7. The van der Waals surface area contributed by atoms with Crippen molar-refractivity contribution in [1.29, 1.82) is 0 Å². The number of nitrogens with zero attached hydrogens (tertiary/aromatic N) is 4. The van der Waals surface area contributed by atoms with E-state index in [9.17, 15) is 9.59 Å². The summed E-state index contributed by atoms with van der Waals surface area (Å²) in [6.07, 6.45) is 1.44. The van der Waals surface area contributed by atoms with Crippen molar-refractivity contribution in [2.45, 2.75) is 25.9 Å². The summed E-state index contributed by atoms with van der Waals surface area (Å²) in [6, 6.07) is 10.3. The van der Waals surface area contributed by atoms with Gasteiger partial charge in [0.1, 0.15) is 5.76 Å². The lowest BCUT2D eigenvalue weighted by Crippen LogP contribution is -2.40. The Kier molecular flexibility index (Phi) is 4.38. The first-order chi connectivity index (χ1) is 13.8. The molecule has 0 unspecified atom stereocenters. The van der Waals surface area contributed by atoms with E-state index in [0.29, 0.717) is 5.76 Å². The van der Waals surface area contributed by atoms with Crippen molar-refractivity contribution in [2.75, 3.05) is 11.1 Å². The van der Waals surface area contributed by atoms with Gasteiger partial charge in [0.05, 0.1) is 12.8 Å². The Labute approximate surface area is 166 Å². The zero-order valence-electron chi connectivity index (χ0n) is 15.8. The molecule has 3 heterocycles. The fourth-order valence-corrected chi connectivity index (χ4v) is 3.04. The number of rotatable bonds is 5. The minimum atomic E-state index is -1.29. The highest BCUT2D eigenvalue weighted by Crippen LogP contribution is 2.29. The van der Waals surface area contributed by atoms with Crippen molar-refractivity contribution in [3.63, 3.8) is 0 Å². The number of amides is 3. The van der Waals surface area contributed by atoms with Gasteiger partial charge in [-0.1, -0.05) is 17.7 Å². The first-order valence-electron chi connectivity index (χ1n) is 8.87. The Morgan fingerprint density at radius 3 is 2.62 bits per heavy atom. The van der Waals surface area contributed by atoms with Crippen molar-refractivity contribution >= 4 is 29.5 Å². The van der Waals surface area contributed by atoms with Crippen LogP contribution in [0.25, 0.3) is 0 Å². The van der Waals surface area contributed by atoms with E-state index in [4.69, 9.17) is 10.2 Å². The minimum absolute atomic E-state index is 0.0227. The Morgan fingerprint density at radius 2 is 1.93 bits per heavy atom. The Bertz CT molecular complexity index is 1070. The molecule has 10 nitrogen and oxygen atoms in total. The monoisotopic (exact) mass is 393 g/mol. The molecular formula is C19H19N7O3. The molecule has 10 heteroatoms. The third-order valence-electron chi connectivity index (χ3n) is 4.60. The van der Waals surface area contributed by atoms with Crippen LogP contribution >= 0.6 is 0 Å². The third kappa shape index (κ3) is 3.47. The number of imide groups is 1. The lowest BCUT2D eigenvalue weighted by molar-refractivity contribution is -0.132. The maximum atomic E-state index is 12.9. The van der Waals surface area contributed by atoms with Crippen molar-refractivity contribution in [1.82, 2.24) is 25.2 Å². The molecule has 0 aliphatic carbocycles. The number of hydrogen-bond donors (Lipinski definition) is 3. The molecule has 0 saturated carbocycles. The molecule has 29 heavy (non-hydrogen) atoms. The quantitative estimate of drug-likeness (QED) is 0.560. The fourth-order valence-electron chi connectivity index (χ4n) is 3.04. The topological polar surface area (TPSA) is 139 Å². The Balaban J connectivity index is 1.56. The van der Waals surface area contributed by atoms with Crippen LogP contribution in [0.4, 0.5) is 22.4 Å². The second-order valence-corrected chi connectivity index (χ2v) is 6.85. The van der Waals surface area contributed by atoms with E-state index in [1.807, 2.05) is 31.2 Å². The molecule has 1 aliphatic heterocycles. The summed E-state index contributed by atoms with van der Waals surface area (Å²) >= 11 is 0.